The van der Waals surface area contributed by atoms with Crippen LogP contribution in [-0.4, -0.2) is 5.91 Å². The van der Waals surface area contributed by atoms with Gasteiger partial charge in [-0.05, 0) is 56.0 Å². The summed E-state index contributed by atoms with van der Waals surface area (Å²) in [7, 11) is 0. The molecule has 2 aromatic carbocycles. The van der Waals surface area contributed by atoms with Gasteiger partial charge in [-0.3, -0.25) is 4.79 Å². The van der Waals surface area contributed by atoms with Crippen LogP contribution in [0.2, 0.25) is 0 Å². The molecule has 2 nitrogen and oxygen atoms in total. The molecule has 120 valence electrons. The third-order valence-electron chi connectivity index (χ3n) is 3.90. The summed E-state index contributed by atoms with van der Waals surface area (Å²) < 4.78 is 0. The summed E-state index contributed by atoms with van der Waals surface area (Å²) in [4.78, 5) is 12.6. The molecule has 0 aliphatic rings. The minimum atomic E-state index is -0.0240. The Morgan fingerprint density at radius 1 is 1.13 bits per heavy atom. The summed E-state index contributed by atoms with van der Waals surface area (Å²) in [6.07, 6.45) is 2.98. The first-order valence-corrected chi connectivity index (χ1v) is 8.12. The summed E-state index contributed by atoms with van der Waals surface area (Å²) >= 11 is 0. The minimum absolute atomic E-state index is 0.0240. The van der Waals surface area contributed by atoms with E-state index in [1.165, 1.54) is 11.1 Å². The Hall–Kier alpha value is -2.35. The van der Waals surface area contributed by atoms with Crippen molar-refractivity contribution in [2.75, 3.05) is 0 Å². The van der Waals surface area contributed by atoms with Gasteiger partial charge < -0.3 is 5.32 Å². The number of nitrogens with one attached hydrogen (secondary N) is 1. The maximum atomic E-state index is 12.6. The molecule has 23 heavy (non-hydrogen) atoms. The highest BCUT2D eigenvalue weighted by Crippen LogP contribution is 2.19. The van der Waals surface area contributed by atoms with Gasteiger partial charge in [-0.25, -0.2) is 0 Å². The second-order valence-electron chi connectivity index (χ2n) is 6.14. The molecule has 0 radical (unpaired) electrons. The number of carbonyl (C=O) groups is 1. The van der Waals surface area contributed by atoms with Crippen molar-refractivity contribution >= 4 is 12.0 Å². The zero-order chi connectivity index (χ0) is 16.8. The van der Waals surface area contributed by atoms with Crippen molar-refractivity contribution in [2.45, 2.75) is 40.2 Å². The van der Waals surface area contributed by atoms with Crippen molar-refractivity contribution in [1.82, 2.24) is 5.32 Å². The van der Waals surface area contributed by atoms with E-state index in [4.69, 9.17) is 0 Å². The number of rotatable bonds is 5. The average molecular weight is 307 g/mol. The molecule has 0 saturated carbocycles. The van der Waals surface area contributed by atoms with Gasteiger partial charge in [0.1, 0.15) is 0 Å². The van der Waals surface area contributed by atoms with Crippen LogP contribution in [0.3, 0.4) is 0 Å². The highest BCUT2D eigenvalue weighted by atomic mass is 16.1. The fourth-order valence-corrected chi connectivity index (χ4v) is 2.60. The minimum Gasteiger partial charge on any atom is -0.345 e. The van der Waals surface area contributed by atoms with Crippen molar-refractivity contribution < 1.29 is 4.79 Å². The first-order chi connectivity index (χ1) is 11.0. The van der Waals surface area contributed by atoms with Crippen LogP contribution in [0, 0.1) is 6.92 Å². The fraction of sp³-hybridized carbons (Fsp3) is 0.286. The fourth-order valence-electron chi connectivity index (χ4n) is 2.60. The van der Waals surface area contributed by atoms with Crippen molar-refractivity contribution in [3.8, 4) is 0 Å². The van der Waals surface area contributed by atoms with E-state index in [0.29, 0.717) is 5.56 Å². The van der Waals surface area contributed by atoms with E-state index in [9.17, 15) is 4.79 Å². The molecule has 2 heteroatoms. The normalized spacial score (nSPS) is 11.7. The number of aryl methyl sites for hydroxylation is 1. The standard InChI is InChI=1S/C21H25NO/c1-5-20(17-9-7-6-8-10-17)22-21(23)18-12-11-16(4)19(14-18)13-15(2)3/h6-14,20H,5H2,1-4H3,(H,22,23). The van der Waals surface area contributed by atoms with E-state index in [-0.39, 0.29) is 11.9 Å². The number of amides is 1. The van der Waals surface area contributed by atoms with Gasteiger partial charge in [0.05, 0.1) is 6.04 Å². The van der Waals surface area contributed by atoms with Crippen molar-refractivity contribution in [3.63, 3.8) is 0 Å². The SMILES string of the molecule is CCC(NC(=O)c1ccc(C)c(C=C(C)C)c1)c1ccccc1. The zero-order valence-electron chi connectivity index (χ0n) is 14.4. The van der Waals surface area contributed by atoms with Crippen molar-refractivity contribution in [2.24, 2.45) is 0 Å². The van der Waals surface area contributed by atoms with Gasteiger partial charge in [-0.1, -0.05) is 55.0 Å². The summed E-state index contributed by atoms with van der Waals surface area (Å²) in [6.45, 7) is 8.28. The second-order valence-corrected chi connectivity index (χ2v) is 6.14. The Kier molecular flexibility index (Phi) is 5.75. The molecular formula is C21H25NO. The van der Waals surface area contributed by atoms with E-state index < -0.39 is 0 Å². The van der Waals surface area contributed by atoms with Gasteiger partial charge in [0.15, 0.2) is 0 Å². The highest BCUT2D eigenvalue weighted by Gasteiger charge is 2.14. The van der Waals surface area contributed by atoms with E-state index in [0.717, 1.165) is 17.5 Å². The third kappa shape index (κ3) is 4.56. The molecule has 1 atom stereocenters. The Morgan fingerprint density at radius 2 is 1.83 bits per heavy atom. The molecule has 1 amide bonds. The topological polar surface area (TPSA) is 29.1 Å². The monoisotopic (exact) mass is 307 g/mol. The quantitative estimate of drug-likeness (QED) is 0.798. The zero-order valence-corrected chi connectivity index (χ0v) is 14.4. The molecule has 1 unspecified atom stereocenters. The van der Waals surface area contributed by atoms with Gasteiger partial charge in [0, 0.05) is 5.56 Å². The summed E-state index contributed by atoms with van der Waals surface area (Å²) in [5, 5.41) is 3.14. The number of benzene rings is 2. The van der Waals surface area contributed by atoms with Crippen LogP contribution in [0.4, 0.5) is 0 Å². The Labute approximate surface area is 139 Å². The molecule has 0 fully saturated rings. The number of hydrogen-bond donors (Lipinski definition) is 1. The molecule has 0 saturated heterocycles. The van der Waals surface area contributed by atoms with Gasteiger partial charge in [0.25, 0.3) is 5.91 Å². The van der Waals surface area contributed by atoms with E-state index >= 15 is 0 Å². The predicted molar refractivity (Wildman–Crippen MR) is 97.4 cm³/mol. The molecule has 0 spiro atoms. The Bertz CT molecular complexity index is 697. The smallest absolute Gasteiger partial charge is 0.251 e. The van der Waals surface area contributed by atoms with Crippen LogP contribution in [0.1, 0.15) is 60.3 Å². The Morgan fingerprint density at radius 3 is 2.43 bits per heavy atom. The lowest BCUT2D eigenvalue weighted by molar-refractivity contribution is 0.0935. The molecule has 2 rings (SSSR count). The Balaban J connectivity index is 2.22. The first-order valence-electron chi connectivity index (χ1n) is 8.12. The van der Waals surface area contributed by atoms with Crippen LogP contribution in [0.25, 0.3) is 6.08 Å². The van der Waals surface area contributed by atoms with Crippen molar-refractivity contribution in [1.29, 1.82) is 0 Å². The number of allylic oxidation sites excluding steroid dienone is 1. The lowest BCUT2D eigenvalue weighted by atomic mass is 10.0. The van der Waals surface area contributed by atoms with E-state index in [2.05, 4.69) is 51.2 Å². The molecular weight excluding hydrogens is 282 g/mol. The second kappa shape index (κ2) is 7.77. The highest BCUT2D eigenvalue weighted by molar-refractivity contribution is 5.95. The average Bonchev–Trinajstić information content (AvgIpc) is 2.54. The van der Waals surface area contributed by atoms with Crippen LogP contribution in [0.5, 0.6) is 0 Å². The molecule has 0 heterocycles. The number of carbonyl (C=O) groups excluding carboxylic acids is 1. The van der Waals surface area contributed by atoms with Gasteiger partial charge in [0.2, 0.25) is 0 Å². The molecule has 2 aromatic rings. The summed E-state index contributed by atoms with van der Waals surface area (Å²) in [6, 6.07) is 16.0. The van der Waals surface area contributed by atoms with Gasteiger partial charge in [-0.15, -0.1) is 0 Å². The number of hydrogen-bond acceptors (Lipinski definition) is 1. The van der Waals surface area contributed by atoms with E-state index in [1.54, 1.807) is 0 Å². The molecule has 0 aromatic heterocycles. The first kappa shape index (κ1) is 17.0. The van der Waals surface area contributed by atoms with E-state index in [1.807, 2.05) is 36.4 Å². The largest absolute Gasteiger partial charge is 0.345 e. The van der Waals surface area contributed by atoms with Crippen LogP contribution >= 0.6 is 0 Å². The maximum Gasteiger partial charge on any atom is 0.251 e. The molecule has 0 aliphatic carbocycles. The van der Waals surface area contributed by atoms with Crippen LogP contribution in [-0.2, 0) is 0 Å². The van der Waals surface area contributed by atoms with Gasteiger partial charge >= 0.3 is 0 Å². The van der Waals surface area contributed by atoms with Crippen molar-refractivity contribution in [3.05, 3.63) is 76.4 Å². The predicted octanol–water partition coefficient (Wildman–Crippen LogP) is 5.30. The molecule has 0 bridgehead atoms. The van der Waals surface area contributed by atoms with Gasteiger partial charge in [-0.2, -0.15) is 0 Å². The van der Waals surface area contributed by atoms with Crippen LogP contribution < -0.4 is 5.32 Å². The van der Waals surface area contributed by atoms with Crippen LogP contribution in [0.15, 0.2) is 54.1 Å². The molecule has 1 N–H and O–H groups in total. The maximum absolute atomic E-state index is 12.6. The summed E-state index contributed by atoms with van der Waals surface area (Å²) in [5.74, 6) is -0.0240. The third-order valence-corrected chi connectivity index (χ3v) is 3.90. The lowest BCUT2D eigenvalue weighted by Gasteiger charge is -2.18. The summed E-state index contributed by atoms with van der Waals surface area (Å²) in [5.41, 5.74) is 5.35. The molecule has 0 aliphatic heterocycles. The lowest BCUT2D eigenvalue weighted by Crippen LogP contribution is -2.28.